The summed E-state index contributed by atoms with van der Waals surface area (Å²) in [4.78, 5) is 28.8. The van der Waals surface area contributed by atoms with Crippen LogP contribution in [0, 0.1) is 6.92 Å². The van der Waals surface area contributed by atoms with Crippen molar-refractivity contribution in [2.75, 3.05) is 26.2 Å². The lowest BCUT2D eigenvalue weighted by Crippen LogP contribution is -2.40. The Kier molecular flexibility index (Phi) is 7.14. The number of hydrogen-bond donors (Lipinski definition) is 0. The standard InChI is InChI=1S/C25H32N2O3/c1-5-23(28)27-14-13-19-11-12-21(30-17-24(29)26(6-2)7-3)16-22(19)25(27)20-10-8-9-18(4)15-20/h8-12,15-16,25H,5-7,13-14,17H2,1-4H3. The minimum absolute atomic E-state index is 0.0178. The molecule has 0 spiro atoms. The lowest BCUT2D eigenvalue weighted by Gasteiger charge is -2.38. The lowest BCUT2D eigenvalue weighted by molar-refractivity contribution is -0.133. The van der Waals surface area contributed by atoms with Gasteiger partial charge in [-0.25, -0.2) is 0 Å². The molecule has 1 unspecified atom stereocenters. The molecule has 0 N–H and O–H groups in total. The van der Waals surface area contributed by atoms with Gasteiger partial charge in [0.25, 0.3) is 5.91 Å². The molecule has 30 heavy (non-hydrogen) atoms. The van der Waals surface area contributed by atoms with E-state index in [-0.39, 0.29) is 24.5 Å². The number of nitrogens with zero attached hydrogens (tertiary/aromatic N) is 2. The second-order valence-corrected chi connectivity index (χ2v) is 7.72. The number of ether oxygens (including phenoxy) is 1. The summed E-state index contributed by atoms with van der Waals surface area (Å²) in [5.74, 6) is 0.795. The third kappa shape index (κ3) is 4.66. The molecule has 0 saturated heterocycles. The van der Waals surface area contributed by atoms with E-state index in [1.165, 1.54) is 11.1 Å². The lowest BCUT2D eigenvalue weighted by atomic mass is 9.87. The van der Waals surface area contributed by atoms with Gasteiger partial charge in [-0.2, -0.15) is 0 Å². The molecule has 1 aliphatic rings. The molecule has 160 valence electrons. The second kappa shape index (κ2) is 9.79. The van der Waals surface area contributed by atoms with Crippen LogP contribution in [0.15, 0.2) is 42.5 Å². The van der Waals surface area contributed by atoms with Gasteiger partial charge in [-0.3, -0.25) is 9.59 Å². The van der Waals surface area contributed by atoms with Gasteiger partial charge in [0.1, 0.15) is 5.75 Å². The number of fused-ring (bicyclic) bond motifs is 1. The first-order valence-electron chi connectivity index (χ1n) is 10.9. The summed E-state index contributed by atoms with van der Waals surface area (Å²) >= 11 is 0. The minimum Gasteiger partial charge on any atom is -0.484 e. The fourth-order valence-corrected chi connectivity index (χ4v) is 4.17. The van der Waals surface area contributed by atoms with Gasteiger partial charge in [0.15, 0.2) is 6.61 Å². The Hall–Kier alpha value is -2.82. The van der Waals surface area contributed by atoms with Crippen LogP contribution in [0.1, 0.15) is 55.5 Å². The maximum atomic E-state index is 12.7. The summed E-state index contributed by atoms with van der Waals surface area (Å²) in [6.45, 7) is 9.98. The second-order valence-electron chi connectivity index (χ2n) is 7.72. The van der Waals surface area contributed by atoms with Crippen LogP contribution in [-0.4, -0.2) is 47.9 Å². The van der Waals surface area contributed by atoms with Crippen LogP contribution in [0.2, 0.25) is 0 Å². The molecule has 2 aromatic carbocycles. The first kappa shape index (κ1) is 21.9. The highest BCUT2D eigenvalue weighted by Gasteiger charge is 2.31. The Balaban J connectivity index is 1.93. The van der Waals surface area contributed by atoms with Crippen LogP contribution < -0.4 is 4.74 Å². The zero-order chi connectivity index (χ0) is 21.7. The molecular weight excluding hydrogens is 376 g/mol. The fourth-order valence-electron chi connectivity index (χ4n) is 4.17. The molecule has 0 aromatic heterocycles. The summed E-state index contributed by atoms with van der Waals surface area (Å²) in [6, 6.07) is 14.2. The van der Waals surface area contributed by atoms with E-state index in [0.29, 0.717) is 31.8 Å². The van der Waals surface area contributed by atoms with Crippen molar-refractivity contribution >= 4 is 11.8 Å². The number of amides is 2. The van der Waals surface area contributed by atoms with E-state index in [1.807, 2.05) is 43.9 Å². The molecule has 2 amide bonds. The average Bonchev–Trinajstić information content (AvgIpc) is 2.77. The van der Waals surface area contributed by atoms with Crippen molar-refractivity contribution in [1.82, 2.24) is 9.80 Å². The zero-order valence-electron chi connectivity index (χ0n) is 18.5. The third-order valence-electron chi connectivity index (χ3n) is 5.80. The monoisotopic (exact) mass is 408 g/mol. The van der Waals surface area contributed by atoms with Crippen molar-refractivity contribution in [2.45, 2.75) is 46.6 Å². The number of carbonyl (C=O) groups is 2. The van der Waals surface area contributed by atoms with E-state index in [9.17, 15) is 9.59 Å². The summed E-state index contributed by atoms with van der Waals surface area (Å²) in [7, 11) is 0. The normalized spacial score (nSPS) is 15.5. The van der Waals surface area contributed by atoms with Crippen molar-refractivity contribution in [3.05, 3.63) is 64.7 Å². The number of benzene rings is 2. The Morgan fingerprint density at radius 2 is 1.87 bits per heavy atom. The molecule has 5 heteroatoms. The fraction of sp³-hybridized carbons (Fsp3) is 0.440. The molecule has 5 nitrogen and oxygen atoms in total. The van der Waals surface area contributed by atoms with Gasteiger partial charge in [0.05, 0.1) is 6.04 Å². The predicted octanol–water partition coefficient (Wildman–Crippen LogP) is 4.13. The van der Waals surface area contributed by atoms with Gasteiger partial charge in [0.2, 0.25) is 5.91 Å². The molecule has 1 aliphatic heterocycles. The molecular formula is C25H32N2O3. The summed E-state index contributed by atoms with van der Waals surface area (Å²) in [5.41, 5.74) is 4.58. The highest BCUT2D eigenvalue weighted by atomic mass is 16.5. The zero-order valence-corrected chi connectivity index (χ0v) is 18.5. The van der Waals surface area contributed by atoms with E-state index >= 15 is 0 Å². The smallest absolute Gasteiger partial charge is 0.260 e. The summed E-state index contributed by atoms with van der Waals surface area (Å²) in [6.07, 6.45) is 1.30. The molecule has 0 bridgehead atoms. The largest absolute Gasteiger partial charge is 0.484 e. The molecule has 1 atom stereocenters. The van der Waals surface area contributed by atoms with E-state index in [2.05, 4.69) is 31.2 Å². The molecule has 0 aliphatic carbocycles. The van der Waals surface area contributed by atoms with E-state index in [1.54, 1.807) is 4.90 Å². The van der Waals surface area contributed by atoms with Crippen LogP contribution in [0.25, 0.3) is 0 Å². The van der Waals surface area contributed by atoms with Gasteiger partial charge >= 0.3 is 0 Å². The van der Waals surface area contributed by atoms with Gasteiger partial charge in [-0.05, 0) is 56.0 Å². The number of hydrogen-bond acceptors (Lipinski definition) is 3. The third-order valence-corrected chi connectivity index (χ3v) is 5.80. The number of likely N-dealkylation sites (N-methyl/N-ethyl adjacent to an activating group) is 1. The topological polar surface area (TPSA) is 49.9 Å². The van der Waals surface area contributed by atoms with Crippen LogP contribution in [-0.2, 0) is 16.0 Å². The first-order valence-corrected chi connectivity index (χ1v) is 10.9. The minimum atomic E-state index is -0.136. The number of rotatable bonds is 7. The van der Waals surface area contributed by atoms with Crippen molar-refractivity contribution in [2.24, 2.45) is 0 Å². The molecule has 0 radical (unpaired) electrons. The highest BCUT2D eigenvalue weighted by molar-refractivity contribution is 5.78. The van der Waals surface area contributed by atoms with E-state index in [0.717, 1.165) is 17.5 Å². The SMILES string of the molecule is CCC(=O)N1CCc2ccc(OCC(=O)N(CC)CC)cc2C1c1cccc(C)c1. The molecule has 0 saturated carbocycles. The van der Waals surface area contributed by atoms with Crippen LogP contribution >= 0.6 is 0 Å². The van der Waals surface area contributed by atoms with Crippen LogP contribution in [0.3, 0.4) is 0 Å². The Morgan fingerprint density at radius 1 is 1.10 bits per heavy atom. The molecule has 0 fully saturated rings. The van der Waals surface area contributed by atoms with Crippen LogP contribution in [0.5, 0.6) is 5.75 Å². The molecule has 3 rings (SSSR count). The van der Waals surface area contributed by atoms with Crippen molar-refractivity contribution < 1.29 is 14.3 Å². The van der Waals surface area contributed by atoms with Gasteiger partial charge in [0, 0.05) is 26.1 Å². The predicted molar refractivity (Wildman–Crippen MR) is 119 cm³/mol. The number of carbonyl (C=O) groups excluding carboxylic acids is 2. The molecule has 1 heterocycles. The van der Waals surface area contributed by atoms with Gasteiger partial charge < -0.3 is 14.5 Å². The van der Waals surface area contributed by atoms with Crippen LogP contribution in [0.4, 0.5) is 0 Å². The summed E-state index contributed by atoms with van der Waals surface area (Å²) < 4.78 is 5.85. The average molecular weight is 409 g/mol. The maximum Gasteiger partial charge on any atom is 0.260 e. The quantitative estimate of drug-likeness (QED) is 0.692. The van der Waals surface area contributed by atoms with Crippen molar-refractivity contribution in [3.63, 3.8) is 0 Å². The first-order chi connectivity index (χ1) is 14.5. The van der Waals surface area contributed by atoms with E-state index < -0.39 is 0 Å². The van der Waals surface area contributed by atoms with E-state index in [4.69, 9.17) is 4.74 Å². The maximum absolute atomic E-state index is 12.7. The Morgan fingerprint density at radius 3 is 2.53 bits per heavy atom. The number of aryl methyl sites for hydroxylation is 1. The van der Waals surface area contributed by atoms with Gasteiger partial charge in [-0.1, -0.05) is 42.8 Å². The van der Waals surface area contributed by atoms with Crippen molar-refractivity contribution in [3.8, 4) is 5.75 Å². The molecule has 2 aromatic rings. The highest BCUT2D eigenvalue weighted by Crippen LogP contribution is 2.37. The van der Waals surface area contributed by atoms with Crippen molar-refractivity contribution in [1.29, 1.82) is 0 Å². The van der Waals surface area contributed by atoms with Gasteiger partial charge in [-0.15, -0.1) is 0 Å². The Labute approximate surface area is 179 Å². The Bertz CT molecular complexity index is 905. The summed E-state index contributed by atoms with van der Waals surface area (Å²) in [5, 5.41) is 0.